The highest BCUT2D eigenvalue weighted by molar-refractivity contribution is 6.06. The van der Waals surface area contributed by atoms with E-state index in [9.17, 15) is 9.59 Å². The molecule has 0 spiro atoms. The summed E-state index contributed by atoms with van der Waals surface area (Å²) >= 11 is 0. The third kappa shape index (κ3) is 3.39. The second kappa shape index (κ2) is 7.41. The molecule has 1 aliphatic heterocycles. The summed E-state index contributed by atoms with van der Waals surface area (Å²) in [5, 5.41) is 5.45. The molecule has 0 aromatic heterocycles. The fourth-order valence-electron chi connectivity index (χ4n) is 3.16. The van der Waals surface area contributed by atoms with E-state index in [0.717, 1.165) is 29.0 Å². The van der Waals surface area contributed by atoms with Gasteiger partial charge in [-0.2, -0.15) is 0 Å². The van der Waals surface area contributed by atoms with Gasteiger partial charge in [0.05, 0.1) is 12.6 Å². The molecule has 24 heavy (non-hydrogen) atoms. The van der Waals surface area contributed by atoms with Crippen molar-refractivity contribution in [2.24, 2.45) is 0 Å². The molecule has 0 amide bonds. The molecule has 124 valence electrons. The van der Waals surface area contributed by atoms with E-state index in [1.54, 1.807) is 13.0 Å². The zero-order valence-electron chi connectivity index (χ0n) is 13.7. The van der Waals surface area contributed by atoms with Crippen molar-refractivity contribution in [3.8, 4) is 0 Å². The van der Waals surface area contributed by atoms with Crippen LogP contribution in [0, 0.1) is 0 Å². The number of ketones is 1. The van der Waals surface area contributed by atoms with Crippen LogP contribution in [0.1, 0.15) is 30.1 Å². The number of carbonyl (C=O) groups is 2. The number of benzene rings is 1. The molecule has 1 aromatic rings. The maximum Gasteiger partial charge on any atom is 0.313 e. The first kappa shape index (κ1) is 16.4. The predicted molar refractivity (Wildman–Crippen MR) is 93.8 cm³/mol. The summed E-state index contributed by atoms with van der Waals surface area (Å²) in [6.07, 6.45) is 10.9. The smallest absolute Gasteiger partial charge is 0.313 e. The number of allylic oxidation sites excluding steroid dienone is 2. The van der Waals surface area contributed by atoms with Crippen LogP contribution in [0.5, 0.6) is 0 Å². The van der Waals surface area contributed by atoms with Gasteiger partial charge in [-0.25, -0.2) is 0 Å². The van der Waals surface area contributed by atoms with Crippen LogP contribution >= 0.6 is 0 Å². The van der Waals surface area contributed by atoms with Gasteiger partial charge < -0.3 is 10.1 Å². The summed E-state index contributed by atoms with van der Waals surface area (Å²) in [5.74, 6) is -0.679. The van der Waals surface area contributed by atoms with Gasteiger partial charge in [-0.3, -0.25) is 9.59 Å². The lowest BCUT2D eigenvalue weighted by atomic mass is 9.92. The van der Waals surface area contributed by atoms with Crippen LogP contribution in [0.2, 0.25) is 0 Å². The van der Waals surface area contributed by atoms with Crippen molar-refractivity contribution in [2.45, 2.75) is 25.8 Å². The van der Waals surface area contributed by atoms with Crippen molar-refractivity contribution in [3.05, 3.63) is 58.5 Å². The van der Waals surface area contributed by atoms with E-state index < -0.39 is 5.97 Å². The molecule has 3 rings (SSSR count). The topological polar surface area (TPSA) is 55.4 Å². The minimum absolute atomic E-state index is 0.0824. The molecule has 1 N–H and O–H groups in total. The van der Waals surface area contributed by atoms with E-state index in [1.807, 2.05) is 30.4 Å². The number of hydrogen-bond acceptors (Lipinski definition) is 4. The number of fused-ring (bicyclic) bond motifs is 2. The van der Waals surface area contributed by atoms with E-state index in [1.165, 1.54) is 0 Å². The van der Waals surface area contributed by atoms with E-state index in [2.05, 4.69) is 17.5 Å². The first-order valence-corrected chi connectivity index (χ1v) is 8.31. The zero-order valence-corrected chi connectivity index (χ0v) is 13.7. The third-order valence-corrected chi connectivity index (χ3v) is 4.19. The Morgan fingerprint density at radius 1 is 1.29 bits per heavy atom. The fraction of sp³-hybridized carbons (Fsp3) is 0.300. The highest BCUT2D eigenvalue weighted by Gasteiger charge is 2.19. The molecule has 0 bridgehead atoms. The van der Waals surface area contributed by atoms with Crippen molar-refractivity contribution >= 4 is 23.4 Å². The number of carbonyl (C=O) groups excluding carboxylic acids is 2. The maximum atomic E-state index is 12.7. The van der Waals surface area contributed by atoms with Gasteiger partial charge in [0, 0.05) is 5.56 Å². The lowest BCUT2D eigenvalue weighted by Gasteiger charge is -2.21. The van der Waals surface area contributed by atoms with Gasteiger partial charge in [-0.15, -0.1) is 0 Å². The molecule has 1 atom stereocenters. The SMILES string of the molecule is CCOC(=O)CC(=O)c1cccc2c1=C1C=CC=CC1NCCC=2. The van der Waals surface area contributed by atoms with Gasteiger partial charge in [0.25, 0.3) is 0 Å². The highest BCUT2D eigenvalue weighted by Crippen LogP contribution is 2.13. The summed E-state index contributed by atoms with van der Waals surface area (Å²) < 4.78 is 4.92. The molecule has 4 nitrogen and oxygen atoms in total. The monoisotopic (exact) mass is 323 g/mol. The van der Waals surface area contributed by atoms with Crippen molar-refractivity contribution in [1.29, 1.82) is 0 Å². The Morgan fingerprint density at radius 3 is 3.00 bits per heavy atom. The maximum absolute atomic E-state index is 12.7. The molecule has 1 aliphatic carbocycles. The normalized spacial score (nSPS) is 18.7. The second-order valence-electron chi connectivity index (χ2n) is 5.80. The van der Waals surface area contributed by atoms with Crippen LogP contribution in [0.4, 0.5) is 0 Å². The van der Waals surface area contributed by atoms with Crippen LogP contribution in [0.15, 0.2) is 42.5 Å². The number of nitrogens with one attached hydrogen (secondary N) is 1. The van der Waals surface area contributed by atoms with Crippen LogP contribution in [-0.4, -0.2) is 30.9 Å². The van der Waals surface area contributed by atoms with E-state index >= 15 is 0 Å². The van der Waals surface area contributed by atoms with E-state index in [-0.39, 0.29) is 24.9 Å². The number of ether oxygens (including phenoxy) is 1. The minimum atomic E-state index is -0.478. The van der Waals surface area contributed by atoms with Crippen LogP contribution in [-0.2, 0) is 9.53 Å². The van der Waals surface area contributed by atoms with Gasteiger partial charge in [0.1, 0.15) is 6.42 Å². The van der Waals surface area contributed by atoms with Crippen molar-refractivity contribution in [3.63, 3.8) is 0 Å². The largest absolute Gasteiger partial charge is 0.466 e. The fourth-order valence-corrected chi connectivity index (χ4v) is 3.16. The molecule has 1 heterocycles. The molecule has 4 heteroatoms. The highest BCUT2D eigenvalue weighted by atomic mass is 16.5. The summed E-state index contributed by atoms with van der Waals surface area (Å²) in [6.45, 7) is 2.90. The summed E-state index contributed by atoms with van der Waals surface area (Å²) in [7, 11) is 0. The standard InChI is InChI=1S/C20H21NO3/c1-2-24-19(23)13-18(22)16-10-5-7-14-8-6-12-21-17-11-4-3-9-15(17)20(14)16/h3-5,7-11,17,21H,2,6,12-13H2,1H3. The summed E-state index contributed by atoms with van der Waals surface area (Å²) in [4.78, 5) is 24.4. The van der Waals surface area contributed by atoms with Crippen LogP contribution < -0.4 is 15.8 Å². The molecule has 1 unspecified atom stereocenters. The molecule has 0 saturated heterocycles. The molecule has 1 aromatic carbocycles. The molecule has 0 saturated carbocycles. The van der Waals surface area contributed by atoms with E-state index in [0.29, 0.717) is 5.56 Å². The average molecular weight is 323 g/mol. The lowest BCUT2D eigenvalue weighted by Crippen LogP contribution is -2.42. The molecule has 2 aliphatic rings. The van der Waals surface area contributed by atoms with Gasteiger partial charge in [-0.1, -0.05) is 48.6 Å². The predicted octanol–water partition coefficient (Wildman–Crippen LogP) is 1.24. The minimum Gasteiger partial charge on any atom is -0.466 e. The first-order valence-electron chi connectivity index (χ1n) is 8.31. The Kier molecular flexibility index (Phi) is 5.06. The third-order valence-electron chi connectivity index (χ3n) is 4.19. The molecular formula is C20H21NO3. The number of hydrogen-bond donors (Lipinski definition) is 1. The number of rotatable bonds is 4. The van der Waals surface area contributed by atoms with Gasteiger partial charge in [0.2, 0.25) is 0 Å². The Morgan fingerprint density at radius 2 is 2.17 bits per heavy atom. The Balaban J connectivity index is 2.15. The summed E-state index contributed by atoms with van der Waals surface area (Å²) in [6, 6.07) is 5.78. The average Bonchev–Trinajstić information content (AvgIpc) is 2.56. The molecule has 0 radical (unpaired) electrons. The summed E-state index contributed by atoms with van der Waals surface area (Å²) in [5.41, 5.74) is 1.65. The quantitative estimate of drug-likeness (QED) is 0.515. The van der Waals surface area contributed by atoms with Crippen molar-refractivity contribution in [2.75, 3.05) is 13.2 Å². The van der Waals surface area contributed by atoms with E-state index in [4.69, 9.17) is 4.74 Å². The van der Waals surface area contributed by atoms with Gasteiger partial charge in [-0.05, 0) is 35.9 Å². The van der Waals surface area contributed by atoms with Crippen LogP contribution in [0.3, 0.4) is 0 Å². The number of esters is 1. The van der Waals surface area contributed by atoms with Gasteiger partial charge >= 0.3 is 5.97 Å². The van der Waals surface area contributed by atoms with Crippen molar-refractivity contribution in [1.82, 2.24) is 5.32 Å². The molecular weight excluding hydrogens is 302 g/mol. The number of Topliss-reactive ketones (excluding diaryl/α,β-unsaturated/α-hetero) is 1. The zero-order chi connectivity index (χ0) is 16.9. The van der Waals surface area contributed by atoms with Crippen LogP contribution in [0.25, 0.3) is 11.6 Å². The second-order valence-corrected chi connectivity index (χ2v) is 5.80. The lowest BCUT2D eigenvalue weighted by molar-refractivity contribution is -0.141. The Bertz CT molecular complexity index is 833. The molecule has 0 fully saturated rings. The Hall–Kier alpha value is -2.46. The Labute approximate surface area is 141 Å². The van der Waals surface area contributed by atoms with Gasteiger partial charge in [0.15, 0.2) is 5.78 Å². The first-order chi connectivity index (χ1) is 11.7. The van der Waals surface area contributed by atoms with Crippen molar-refractivity contribution < 1.29 is 14.3 Å².